The summed E-state index contributed by atoms with van der Waals surface area (Å²) in [6, 6.07) is 5.52. The van der Waals surface area contributed by atoms with Gasteiger partial charge in [0.2, 0.25) is 0 Å². The summed E-state index contributed by atoms with van der Waals surface area (Å²) in [6.07, 6.45) is 2.55. The fourth-order valence-corrected chi connectivity index (χ4v) is 1.03. The molecule has 0 unspecified atom stereocenters. The largest absolute Gasteiger partial charge is 0.618 e. The molecule has 11 heavy (non-hydrogen) atoms. The summed E-state index contributed by atoms with van der Waals surface area (Å²) in [4.78, 5) is 0. The van der Waals surface area contributed by atoms with Crippen molar-refractivity contribution in [2.24, 2.45) is 0 Å². The van der Waals surface area contributed by atoms with E-state index in [2.05, 4.69) is 13.8 Å². The molecule has 0 aliphatic rings. The van der Waals surface area contributed by atoms with Crippen molar-refractivity contribution in [1.29, 1.82) is 0 Å². The molecule has 0 radical (unpaired) electrons. The second-order valence-corrected chi connectivity index (χ2v) is 2.76. The molecule has 0 spiro atoms. The minimum Gasteiger partial charge on any atom is -0.618 e. The lowest BCUT2D eigenvalue weighted by atomic mass is 10.0. The lowest BCUT2D eigenvalue weighted by Crippen LogP contribution is -2.31. The average Bonchev–Trinajstić information content (AvgIpc) is 2.04. The van der Waals surface area contributed by atoms with Crippen molar-refractivity contribution >= 4 is 0 Å². The van der Waals surface area contributed by atoms with E-state index in [1.807, 2.05) is 12.1 Å². The second-order valence-electron chi connectivity index (χ2n) is 2.76. The van der Waals surface area contributed by atoms with Crippen molar-refractivity contribution in [1.82, 2.24) is 0 Å². The fourth-order valence-electron chi connectivity index (χ4n) is 1.03. The molecule has 1 heterocycles. The van der Waals surface area contributed by atoms with E-state index in [1.54, 1.807) is 12.3 Å². The van der Waals surface area contributed by atoms with E-state index in [9.17, 15) is 5.21 Å². The van der Waals surface area contributed by atoms with Crippen LogP contribution < -0.4 is 4.73 Å². The van der Waals surface area contributed by atoms with Crippen molar-refractivity contribution in [2.75, 3.05) is 0 Å². The van der Waals surface area contributed by atoms with E-state index in [1.165, 1.54) is 0 Å². The molecule has 0 aromatic carbocycles. The van der Waals surface area contributed by atoms with Crippen molar-refractivity contribution in [3.05, 3.63) is 35.3 Å². The van der Waals surface area contributed by atoms with Crippen LogP contribution in [0.2, 0.25) is 0 Å². The normalized spacial score (nSPS) is 12.9. The van der Waals surface area contributed by atoms with Crippen molar-refractivity contribution in [2.45, 2.75) is 26.2 Å². The number of hydrogen-bond acceptors (Lipinski definition) is 1. The zero-order valence-corrected chi connectivity index (χ0v) is 6.95. The number of aromatic nitrogens is 1. The van der Waals surface area contributed by atoms with Gasteiger partial charge < -0.3 is 5.21 Å². The van der Waals surface area contributed by atoms with Gasteiger partial charge >= 0.3 is 0 Å². The molecular weight excluding hydrogens is 138 g/mol. The Morgan fingerprint density at radius 3 is 2.82 bits per heavy atom. The zero-order chi connectivity index (χ0) is 8.27. The van der Waals surface area contributed by atoms with Gasteiger partial charge in [-0.25, -0.2) is 0 Å². The third kappa shape index (κ3) is 1.70. The van der Waals surface area contributed by atoms with Gasteiger partial charge in [-0.1, -0.05) is 19.9 Å². The van der Waals surface area contributed by atoms with E-state index >= 15 is 0 Å². The summed E-state index contributed by atoms with van der Waals surface area (Å²) in [5.74, 6) is 0.355. The van der Waals surface area contributed by atoms with Gasteiger partial charge in [0.15, 0.2) is 11.9 Å². The number of nitrogens with zero attached hydrogens (tertiary/aromatic N) is 1. The van der Waals surface area contributed by atoms with Crippen LogP contribution in [0.1, 0.15) is 31.9 Å². The lowest BCUT2D eigenvalue weighted by Gasteiger charge is -2.07. The van der Waals surface area contributed by atoms with Gasteiger partial charge in [-0.05, 0) is 6.42 Å². The monoisotopic (exact) mass is 151 g/mol. The molecule has 1 aromatic rings. The summed E-state index contributed by atoms with van der Waals surface area (Å²) < 4.78 is 0.939. The van der Waals surface area contributed by atoms with Crippen molar-refractivity contribution < 1.29 is 4.73 Å². The Kier molecular flexibility index (Phi) is 2.47. The lowest BCUT2D eigenvalue weighted by molar-refractivity contribution is -0.615. The van der Waals surface area contributed by atoms with Crippen LogP contribution in [0.3, 0.4) is 0 Å². The Balaban J connectivity index is 2.93. The van der Waals surface area contributed by atoms with E-state index < -0.39 is 0 Å². The number of pyridine rings is 1. The van der Waals surface area contributed by atoms with E-state index in [-0.39, 0.29) is 0 Å². The van der Waals surface area contributed by atoms with Crippen molar-refractivity contribution in [3.8, 4) is 0 Å². The summed E-state index contributed by atoms with van der Waals surface area (Å²) in [7, 11) is 0. The predicted molar refractivity (Wildman–Crippen MR) is 44.1 cm³/mol. The van der Waals surface area contributed by atoms with Gasteiger partial charge in [-0.3, -0.25) is 0 Å². The van der Waals surface area contributed by atoms with Crippen LogP contribution in [0.25, 0.3) is 0 Å². The van der Waals surface area contributed by atoms with E-state index in [0.29, 0.717) is 5.92 Å². The maximum atomic E-state index is 11.1. The van der Waals surface area contributed by atoms with Crippen LogP contribution in [0.15, 0.2) is 24.4 Å². The van der Waals surface area contributed by atoms with Crippen LogP contribution in [-0.2, 0) is 0 Å². The first-order chi connectivity index (χ1) is 5.25. The van der Waals surface area contributed by atoms with Gasteiger partial charge in [0, 0.05) is 18.1 Å². The summed E-state index contributed by atoms with van der Waals surface area (Å²) in [5, 5.41) is 11.1. The second kappa shape index (κ2) is 3.37. The van der Waals surface area contributed by atoms with Crippen LogP contribution >= 0.6 is 0 Å². The molecular formula is C9H13NO. The Morgan fingerprint density at radius 2 is 2.27 bits per heavy atom. The molecule has 0 saturated carbocycles. The maximum absolute atomic E-state index is 11.1. The van der Waals surface area contributed by atoms with Gasteiger partial charge in [0.25, 0.3) is 0 Å². The molecule has 60 valence electrons. The minimum atomic E-state index is 0.355. The molecule has 0 amide bonds. The molecule has 0 N–H and O–H groups in total. The summed E-state index contributed by atoms with van der Waals surface area (Å²) in [5.41, 5.74) is 0.856. The molecule has 1 aromatic heterocycles. The van der Waals surface area contributed by atoms with Gasteiger partial charge in [-0.2, -0.15) is 4.73 Å². The number of rotatable bonds is 2. The molecule has 2 heteroatoms. The highest BCUT2D eigenvalue weighted by Gasteiger charge is 2.10. The molecule has 0 fully saturated rings. The van der Waals surface area contributed by atoms with Crippen LogP contribution in [-0.4, -0.2) is 0 Å². The van der Waals surface area contributed by atoms with E-state index in [4.69, 9.17) is 0 Å². The predicted octanol–water partition coefficient (Wildman–Crippen LogP) is 1.83. The van der Waals surface area contributed by atoms with Crippen LogP contribution in [0.4, 0.5) is 0 Å². The number of hydrogen-bond donors (Lipinski definition) is 0. The van der Waals surface area contributed by atoms with Gasteiger partial charge in [-0.15, -0.1) is 0 Å². The Labute approximate surface area is 67.1 Å². The molecule has 2 nitrogen and oxygen atoms in total. The summed E-state index contributed by atoms with van der Waals surface area (Å²) >= 11 is 0. The Hall–Kier alpha value is -1.05. The minimum absolute atomic E-state index is 0.355. The highest BCUT2D eigenvalue weighted by Crippen LogP contribution is 2.13. The maximum Gasteiger partial charge on any atom is 0.195 e. The first-order valence-electron chi connectivity index (χ1n) is 3.93. The fraction of sp³-hybridized carbons (Fsp3) is 0.444. The van der Waals surface area contributed by atoms with E-state index in [0.717, 1.165) is 16.8 Å². The first-order valence-corrected chi connectivity index (χ1v) is 3.93. The molecule has 0 bridgehead atoms. The highest BCUT2D eigenvalue weighted by atomic mass is 16.5. The van der Waals surface area contributed by atoms with Crippen LogP contribution in [0, 0.1) is 5.21 Å². The topological polar surface area (TPSA) is 26.9 Å². The molecule has 0 aliphatic heterocycles. The SMILES string of the molecule is CC[C@H](C)c1cccc[n+]1[O-]. The van der Waals surface area contributed by atoms with Crippen molar-refractivity contribution in [3.63, 3.8) is 0 Å². The molecule has 0 saturated heterocycles. The van der Waals surface area contributed by atoms with Gasteiger partial charge in [0.1, 0.15) is 0 Å². The molecule has 1 atom stereocenters. The Morgan fingerprint density at radius 1 is 1.55 bits per heavy atom. The zero-order valence-electron chi connectivity index (χ0n) is 6.95. The summed E-state index contributed by atoms with van der Waals surface area (Å²) in [6.45, 7) is 4.14. The standard InChI is InChI=1S/C9H13NO/c1-3-8(2)9-6-4-5-7-10(9)11/h4-8H,3H2,1-2H3/t8-/m0/s1. The first kappa shape index (κ1) is 8.05. The highest BCUT2D eigenvalue weighted by molar-refractivity contribution is 5.02. The Bertz CT molecular complexity index is 235. The molecule has 1 rings (SSSR count). The smallest absolute Gasteiger partial charge is 0.195 e. The molecule has 0 aliphatic carbocycles. The third-order valence-electron chi connectivity index (χ3n) is 1.97. The third-order valence-corrected chi connectivity index (χ3v) is 1.97. The average molecular weight is 151 g/mol. The van der Waals surface area contributed by atoms with Gasteiger partial charge in [0.05, 0.1) is 0 Å². The quantitative estimate of drug-likeness (QED) is 0.468. The van der Waals surface area contributed by atoms with Crippen LogP contribution in [0.5, 0.6) is 0 Å².